The van der Waals surface area contributed by atoms with Crippen LogP contribution in [0.5, 0.6) is 0 Å². The fourth-order valence-corrected chi connectivity index (χ4v) is 1.58. The molecule has 0 fully saturated rings. The third-order valence-electron chi connectivity index (χ3n) is 2.39. The molecular weight excluding hydrogens is 231 g/mol. The van der Waals surface area contributed by atoms with Crippen LogP contribution in [0.15, 0.2) is 18.2 Å². The zero-order valence-electron chi connectivity index (χ0n) is 9.51. The van der Waals surface area contributed by atoms with Gasteiger partial charge in [0.1, 0.15) is 5.82 Å². The lowest BCUT2D eigenvalue weighted by atomic mass is 9.84. The van der Waals surface area contributed by atoms with Gasteiger partial charge in [0.05, 0.1) is 12.0 Å². The van der Waals surface area contributed by atoms with Gasteiger partial charge in [0.25, 0.3) is 0 Å². The number of carbonyl (C=O) groups is 1. The SMILES string of the molecule is CCOC(=O)C(C)(C)c1ccc(Cl)cc1F. The molecule has 1 aromatic rings. The van der Waals surface area contributed by atoms with Gasteiger partial charge in [-0.3, -0.25) is 4.79 Å². The highest BCUT2D eigenvalue weighted by Gasteiger charge is 2.33. The summed E-state index contributed by atoms with van der Waals surface area (Å²) in [5, 5.41) is 0.306. The van der Waals surface area contributed by atoms with Crippen LogP contribution in [0.1, 0.15) is 26.3 Å². The van der Waals surface area contributed by atoms with Crippen LogP contribution < -0.4 is 0 Å². The molecule has 0 atom stereocenters. The molecule has 0 spiro atoms. The van der Waals surface area contributed by atoms with E-state index in [2.05, 4.69) is 0 Å². The van der Waals surface area contributed by atoms with Crippen LogP contribution >= 0.6 is 11.6 Å². The van der Waals surface area contributed by atoms with Gasteiger partial charge in [-0.2, -0.15) is 0 Å². The monoisotopic (exact) mass is 244 g/mol. The van der Waals surface area contributed by atoms with Crippen molar-refractivity contribution in [1.29, 1.82) is 0 Å². The van der Waals surface area contributed by atoms with E-state index in [-0.39, 0.29) is 12.2 Å². The molecule has 16 heavy (non-hydrogen) atoms. The molecule has 1 rings (SSSR count). The molecular formula is C12H14ClFO2. The van der Waals surface area contributed by atoms with E-state index in [1.807, 2.05) is 0 Å². The minimum absolute atomic E-state index is 0.275. The molecule has 0 heterocycles. The second-order valence-corrected chi connectivity index (χ2v) is 4.41. The lowest BCUT2D eigenvalue weighted by Gasteiger charge is -2.23. The Morgan fingerprint density at radius 3 is 2.62 bits per heavy atom. The van der Waals surface area contributed by atoms with Crippen molar-refractivity contribution in [3.8, 4) is 0 Å². The third-order valence-corrected chi connectivity index (χ3v) is 2.63. The highest BCUT2D eigenvalue weighted by Crippen LogP contribution is 2.28. The number of carbonyl (C=O) groups excluding carboxylic acids is 1. The Bertz CT molecular complexity index is 402. The van der Waals surface area contributed by atoms with Gasteiger partial charge in [0, 0.05) is 10.6 Å². The number of hydrogen-bond donors (Lipinski definition) is 0. The first kappa shape index (κ1) is 13.0. The zero-order valence-corrected chi connectivity index (χ0v) is 10.3. The largest absolute Gasteiger partial charge is 0.465 e. The van der Waals surface area contributed by atoms with Crippen LogP contribution in [0.2, 0.25) is 5.02 Å². The number of benzene rings is 1. The Kier molecular flexibility index (Phi) is 3.92. The van der Waals surface area contributed by atoms with E-state index in [9.17, 15) is 9.18 Å². The van der Waals surface area contributed by atoms with E-state index >= 15 is 0 Å². The van der Waals surface area contributed by atoms with Gasteiger partial charge in [-0.05, 0) is 32.9 Å². The summed E-state index contributed by atoms with van der Waals surface area (Å²) in [7, 11) is 0. The average molecular weight is 245 g/mol. The summed E-state index contributed by atoms with van der Waals surface area (Å²) in [5.41, 5.74) is -0.722. The normalized spacial score (nSPS) is 11.3. The Hall–Kier alpha value is -1.09. The molecule has 4 heteroatoms. The number of halogens is 2. The van der Waals surface area contributed by atoms with E-state index < -0.39 is 17.2 Å². The fourth-order valence-electron chi connectivity index (χ4n) is 1.42. The molecule has 0 aliphatic carbocycles. The second-order valence-electron chi connectivity index (χ2n) is 3.97. The highest BCUT2D eigenvalue weighted by atomic mass is 35.5. The van der Waals surface area contributed by atoms with Crippen LogP contribution in [-0.4, -0.2) is 12.6 Å². The van der Waals surface area contributed by atoms with Crippen LogP contribution in [0.3, 0.4) is 0 Å². The van der Waals surface area contributed by atoms with Crippen molar-refractivity contribution < 1.29 is 13.9 Å². The summed E-state index contributed by atoms with van der Waals surface area (Å²) in [4.78, 5) is 11.7. The second kappa shape index (κ2) is 4.83. The van der Waals surface area contributed by atoms with E-state index in [0.29, 0.717) is 5.02 Å². The van der Waals surface area contributed by atoms with Gasteiger partial charge in [-0.15, -0.1) is 0 Å². The van der Waals surface area contributed by atoms with E-state index in [4.69, 9.17) is 16.3 Å². The van der Waals surface area contributed by atoms with Gasteiger partial charge < -0.3 is 4.74 Å². The number of rotatable bonds is 3. The van der Waals surface area contributed by atoms with Gasteiger partial charge in [-0.25, -0.2) is 4.39 Å². The Morgan fingerprint density at radius 2 is 2.12 bits per heavy atom. The van der Waals surface area contributed by atoms with Crippen molar-refractivity contribution in [3.63, 3.8) is 0 Å². The van der Waals surface area contributed by atoms with E-state index in [0.717, 1.165) is 0 Å². The molecule has 0 amide bonds. The maximum absolute atomic E-state index is 13.7. The fraction of sp³-hybridized carbons (Fsp3) is 0.417. The lowest BCUT2D eigenvalue weighted by molar-refractivity contribution is -0.148. The Morgan fingerprint density at radius 1 is 1.50 bits per heavy atom. The molecule has 0 N–H and O–H groups in total. The van der Waals surface area contributed by atoms with Gasteiger partial charge >= 0.3 is 5.97 Å². The smallest absolute Gasteiger partial charge is 0.316 e. The number of esters is 1. The Labute approximate surface area is 99.4 Å². The lowest BCUT2D eigenvalue weighted by Crippen LogP contribution is -2.32. The van der Waals surface area contributed by atoms with E-state index in [1.54, 1.807) is 26.8 Å². The van der Waals surface area contributed by atoms with Crippen molar-refractivity contribution in [1.82, 2.24) is 0 Å². The van der Waals surface area contributed by atoms with Crippen LogP contribution in [0.25, 0.3) is 0 Å². The first-order valence-corrected chi connectivity index (χ1v) is 5.40. The number of hydrogen-bond acceptors (Lipinski definition) is 2. The zero-order chi connectivity index (χ0) is 12.3. The van der Waals surface area contributed by atoms with Crippen LogP contribution in [0, 0.1) is 5.82 Å². The van der Waals surface area contributed by atoms with Crippen molar-refractivity contribution in [2.75, 3.05) is 6.61 Å². The van der Waals surface area contributed by atoms with Crippen LogP contribution in [0.4, 0.5) is 4.39 Å². The van der Waals surface area contributed by atoms with Crippen molar-refractivity contribution in [3.05, 3.63) is 34.6 Å². The Balaban J connectivity index is 3.11. The maximum Gasteiger partial charge on any atom is 0.316 e. The summed E-state index contributed by atoms with van der Waals surface area (Å²) >= 11 is 5.65. The molecule has 0 bridgehead atoms. The molecule has 88 valence electrons. The quantitative estimate of drug-likeness (QED) is 0.763. The predicted molar refractivity (Wildman–Crippen MR) is 61.1 cm³/mol. The molecule has 0 aliphatic rings. The third kappa shape index (κ3) is 2.53. The topological polar surface area (TPSA) is 26.3 Å². The first-order chi connectivity index (χ1) is 7.39. The molecule has 2 nitrogen and oxygen atoms in total. The van der Waals surface area contributed by atoms with E-state index in [1.165, 1.54) is 12.1 Å². The molecule has 1 aromatic carbocycles. The first-order valence-electron chi connectivity index (χ1n) is 5.02. The number of ether oxygens (including phenoxy) is 1. The molecule has 0 saturated heterocycles. The summed E-state index contributed by atoms with van der Waals surface area (Å²) in [6.45, 7) is 5.23. The molecule has 0 unspecified atom stereocenters. The summed E-state index contributed by atoms with van der Waals surface area (Å²) in [5.74, 6) is -0.943. The minimum atomic E-state index is -1.01. The summed E-state index contributed by atoms with van der Waals surface area (Å²) in [6, 6.07) is 4.26. The van der Waals surface area contributed by atoms with Crippen LogP contribution in [-0.2, 0) is 14.9 Å². The van der Waals surface area contributed by atoms with Gasteiger partial charge in [-0.1, -0.05) is 17.7 Å². The molecule has 0 radical (unpaired) electrons. The van der Waals surface area contributed by atoms with Crippen molar-refractivity contribution in [2.45, 2.75) is 26.2 Å². The molecule has 0 aromatic heterocycles. The van der Waals surface area contributed by atoms with Gasteiger partial charge in [0.2, 0.25) is 0 Å². The maximum atomic E-state index is 13.7. The highest BCUT2D eigenvalue weighted by molar-refractivity contribution is 6.30. The molecule has 0 saturated carbocycles. The summed E-state index contributed by atoms with van der Waals surface area (Å²) < 4.78 is 18.6. The van der Waals surface area contributed by atoms with Crippen molar-refractivity contribution in [2.24, 2.45) is 0 Å². The van der Waals surface area contributed by atoms with Crippen molar-refractivity contribution >= 4 is 17.6 Å². The predicted octanol–water partition coefficient (Wildman–Crippen LogP) is 3.32. The summed E-state index contributed by atoms with van der Waals surface area (Å²) in [6.07, 6.45) is 0. The minimum Gasteiger partial charge on any atom is -0.465 e. The van der Waals surface area contributed by atoms with Gasteiger partial charge in [0.15, 0.2) is 0 Å². The standard InChI is InChI=1S/C12H14ClFO2/c1-4-16-11(15)12(2,3)9-6-5-8(13)7-10(9)14/h5-7H,4H2,1-3H3. The molecule has 0 aliphatic heterocycles. The average Bonchev–Trinajstić information content (AvgIpc) is 2.17.